The minimum absolute atomic E-state index is 0.278. The molecule has 0 heterocycles. The molecule has 1 aliphatic rings. The predicted molar refractivity (Wildman–Crippen MR) is 69.8 cm³/mol. The predicted octanol–water partition coefficient (Wildman–Crippen LogP) is 0.965. The summed E-state index contributed by atoms with van der Waals surface area (Å²) in [6.07, 6.45) is 9.41. The van der Waals surface area contributed by atoms with Gasteiger partial charge in [-0.1, -0.05) is 31.4 Å². The lowest BCUT2D eigenvalue weighted by Gasteiger charge is -2.19. The van der Waals surface area contributed by atoms with Crippen LogP contribution in [0, 0.1) is 5.92 Å². The van der Waals surface area contributed by atoms with Gasteiger partial charge in [0.1, 0.15) is 0 Å². The van der Waals surface area contributed by atoms with Gasteiger partial charge in [0.15, 0.2) is 0 Å². The quantitative estimate of drug-likeness (QED) is 0.713. The summed E-state index contributed by atoms with van der Waals surface area (Å²) in [6, 6.07) is 0. The molecule has 0 aromatic carbocycles. The molecule has 0 bridgehead atoms. The molecule has 0 atom stereocenters. The number of aliphatic carboxylic acids is 2. The van der Waals surface area contributed by atoms with Crippen LogP contribution in [0.4, 0.5) is 0 Å². The van der Waals surface area contributed by atoms with Crippen molar-refractivity contribution in [2.45, 2.75) is 52.9 Å². The zero-order valence-corrected chi connectivity index (χ0v) is 11.9. The van der Waals surface area contributed by atoms with Crippen LogP contribution in [0.15, 0.2) is 23.3 Å². The molecule has 1 fully saturated rings. The maximum absolute atomic E-state index is 10.4. The van der Waals surface area contributed by atoms with Gasteiger partial charge < -0.3 is 19.8 Å². The first kappa shape index (κ1) is 17.4. The van der Waals surface area contributed by atoms with Gasteiger partial charge >= 0.3 is 0 Å². The summed E-state index contributed by atoms with van der Waals surface area (Å²) in [5, 5.41) is 20.1. The molecule has 4 heteroatoms. The van der Waals surface area contributed by atoms with Crippen LogP contribution in [0.25, 0.3) is 0 Å². The monoisotopic (exact) mass is 266 g/mol. The largest absolute Gasteiger partial charge is 0.545 e. The Balaban J connectivity index is 0.000000399. The molecule has 0 spiro atoms. The van der Waals surface area contributed by atoms with Crippen LogP contribution in [-0.4, -0.2) is 11.9 Å². The zero-order valence-electron chi connectivity index (χ0n) is 11.9. The number of rotatable bonds is 3. The first-order valence-electron chi connectivity index (χ1n) is 6.62. The van der Waals surface area contributed by atoms with Crippen molar-refractivity contribution < 1.29 is 19.8 Å². The molecule has 4 nitrogen and oxygen atoms in total. The lowest BCUT2D eigenvalue weighted by molar-refractivity contribution is -0.300. The van der Waals surface area contributed by atoms with E-state index in [0.29, 0.717) is 11.5 Å². The Hall–Kier alpha value is -1.58. The molecular weight excluding hydrogens is 244 g/mol. The van der Waals surface area contributed by atoms with Crippen LogP contribution in [0.3, 0.4) is 0 Å². The zero-order chi connectivity index (χ0) is 14.8. The van der Waals surface area contributed by atoms with E-state index in [4.69, 9.17) is 0 Å². The summed E-state index contributed by atoms with van der Waals surface area (Å²) in [7, 11) is 0. The van der Waals surface area contributed by atoms with Gasteiger partial charge in [-0.15, -0.1) is 0 Å². The van der Waals surface area contributed by atoms with Crippen molar-refractivity contribution in [1.82, 2.24) is 0 Å². The molecule has 0 radical (unpaired) electrons. The number of carbonyl (C=O) groups is 2. The second kappa shape index (κ2) is 9.36. The van der Waals surface area contributed by atoms with Gasteiger partial charge in [-0.25, -0.2) is 0 Å². The van der Waals surface area contributed by atoms with Crippen molar-refractivity contribution in [3.05, 3.63) is 23.3 Å². The van der Waals surface area contributed by atoms with Crippen molar-refractivity contribution in [1.29, 1.82) is 0 Å². The first-order valence-corrected chi connectivity index (χ1v) is 6.62. The maximum atomic E-state index is 10.4. The molecule has 0 aromatic rings. The topological polar surface area (TPSA) is 80.3 Å². The molecule has 0 amide bonds. The summed E-state index contributed by atoms with van der Waals surface area (Å²) in [5.74, 6) is -1.64. The molecule has 1 aliphatic carbocycles. The van der Waals surface area contributed by atoms with Crippen molar-refractivity contribution in [3.8, 4) is 0 Å². The highest BCUT2D eigenvalue weighted by atomic mass is 16.4. The van der Waals surface area contributed by atoms with Crippen molar-refractivity contribution >= 4 is 11.9 Å². The fourth-order valence-corrected chi connectivity index (χ4v) is 1.84. The van der Waals surface area contributed by atoms with Crippen LogP contribution in [-0.2, 0) is 9.59 Å². The Morgan fingerprint density at radius 1 is 0.947 bits per heavy atom. The van der Waals surface area contributed by atoms with Crippen molar-refractivity contribution in [2.24, 2.45) is 5.92 Å². The van der Waals surface area contributed by atoms with E-state index in [1.165, 1.54) is 32.3 Å². The van der Waals surface area contributed by atoms with Gasteiger partial charge in [0.2, 0.25) is 0 Å². The lowest BCUT2D eigenvalue weighted by Crippen LogP contribution is -2.23. The Morgan fingerprint density at radius 2 is 1.42 bits per heavy atom. The molecule has 0 saturated heterocycles. The molecule has 0 aliphatic heterocycles. The smallest absolute Gasteiger partial charge is 0.0668 e. The SMILES string of the molecule is C/C(=C\C1CCCCC1)C(=O)[O-].C/C=C(\C)C(=O)[O-]. The van der Waals surface area contributed by atoms with E-state index in [9.17, 15) is 19.8 Å². The molecule has 0 N–H and O–H groups in total. The minimum Gasteiger partial charge on any atom is -0.545 e. The summed E-state index contributed by atoms with van der Waals surface area (Å²) >= 11 is 0. The van der Waals surface area contributed by atoms with Gasteiger partial charge in [0, 0.05) is 0 Å². The third kappa shape index (κ3) is 8.19. The minimum atomic E-state index is -1.09. The molecule has 1 rings (SSSR count). The van der Waals surface area contributed by atoms with Gasteiger partial charge in [-0.3, -0.25) is 0 Å². The van der Waals surface area contributed by atoms with Crippen LogP contribution in [0.2, 0.25) is 0 Å². The van der Waals surface area contributed by atoms with E-state index in [2.05, 4.69) is 0 Å². The van der Waals surface area contributed by atoms with Gasteiger partial charge in [0.25, 0.3) is 0 Å². The van der Waals surface area contributed by atoms with Gasteiger partial charge in [0.05, 0.1) is 11.9 Å². The second-order valence-corrected chi connectivity index (χ2v) is 4.79. The van der Waals surface area contributed by atoms with E-state index >= 15 is 0 Å². The summed E-state index contributed by atoms with van der Waals surface area (Å²) < 4.78 is 0. The number of hydrogen-bond donors (Lipinski definition) is 0. The fraction of sp³-hybridized carbons (Fsp3) is 0.600. The maximum Gasteiger partial charge on any atom is 0.0668 e. The fourth-order valence-electron chi connectivity index (χ4n) is 1.84. The molecule has 19 heavy (non-hydrogen) atoms. The molecule has 108 valence electrons. The highest BCUT2D eigenvalue weighted by Crippen LogP contribution is 2.25. The van der Waals surface area contributed by atoms with Gasteiger partial charge in [-0.05, 0) is 50.7 Å². The highest BCUT2D eigenvalue weighted by Gasteiger charge is 2.10. The van der Waals surface area contributed by atoms with E-state index in [-0.39, 0.29) is 5.57 Å². The van der Waals surface area contributed by atoms with E-state index in [1.807, 2.05) is 6.08 Å². The Bertz CT molecular complexity index is 360. The average Bonchev–Trinajstić information content (AvgIpc) is 2.39. The van der Waals surface area contributed by atoms with Gasteiger partial charge in [-0.2, -0.15) is 0 Å². The Morgan fingerprint density at radius 3 is 1.74 bits per heavy atom. The molecule has 1 saturated carbocycles. The van der Waals surface area contributed by atoms with Crippen molar-refractivity contribution in [2.75, 3.05) is 0 Å². The van der Waals surface area contributed by atoms with E-state index in [1.54, 1.807) is 13.8 Å². The summed E-state index contributed by atoms with van der Waals surface area (Å²) in [4.78, 5) is 20.1. The standard InChI is InChI=1S/C10H16O2.C5H8O2/c1-8(10(11)12)7-9-5-3-2-4-6-9;1-3-4(2)5(6)7/h7,9H,2-6H2,1H3,(H,11,12);3H,1-2H3,(H,6,7)/p-2/b8-7+;4-3+. The van der Waals surface area contributed by atoms with Crippen molar-refractivity contribution in [3.63, 3.8) is 0 Å². The van der Waals surface area contributed by atoms with Crippen LogP contribution in [0.5, 0.6) is 0 Å². The second-order valence-electron chi connectivity index (χ2n) is 4.79. The molecular formula is C15H22O4-2. The number of carboxylic acid groups (broad SMARTS) is 2. The van der Waals surface area contributed by atoms with Crippen LogP contribution >= 0.6 is 0 Å². The average molecular weight is 266 g/mol. The molecule has 0 unspecified atom stereocenters. The third-order valence-electron chi connectivity index (χ3n) is 3.21. The van der Waals surface area contributed by atoms with E-state index < -0.39 is 11.9 Å². The Labute approximate surface area is 114 Å². The lowest BCUT2D eigenvalue weighted by atomic mass is 9.88. The highest BCUT2D eigenvalue weighted by molar-refractivity contribution is 5.84. The summed E-state index contributed by atoms with van der Waals surface area (Å²) in [6.45, 7) is 4.77. The van der Waals surface area contributed by atoms with Crippen LogP contribution in [0.1, 0.15) is 52.9 Å². The summed E-state index contributed by atoms with van der Waals surface area (Å²) in [5.41, 5.74) is 0.668. The number of carboxylic acids is 2. The normalized spacial score (nSPS) is 17.4. The molecule has 0 aromatic heterocycles. The number of carbonyl (C=O) groups excluding carboxylic acids is 2. The first-order chi connectivity index (χ1) is 8.88. The number of allylic oxidation sites excluding steroid dienone is 2. The van der Waals surface area contributed by atoms with Crippen LogP contribution < -0.4 is 10.2 Å². The van der Waals surface area contributed by atoms with E-state index in [0.717, 1.165) is 12.8 Å². The Kier molecular flexibility index (Phi) is 8.58. The third-order valence-corrected chi connectivity index (χ3v) is 3.21. The number of hydrogen-bond acceptors (Lipinski definition) is 4.